The van der Waals surface area contributed by atoms with Crippen LogP contribution in [0.3, 0.4) is 0 Å². The number of para-hydroxylation sites is 1. The van der Waals surface area contributed by atoms with Crippen molar-refractivity contribution in [1.29, 1.82) is 0 Å². The molecule has 2 saturated heterocycles. The Bertz CT molecular complexity index is 2340. The predicted octanol–water partition coefficient (Wildman–Crippen LogP) is 4.45. The van der Waals surface area contributed by atoms with Crippen LogP contribution in [0, 0.1) is 23.7 Å². The van der Waals surface area contributed by atoms with Gasteiger partial charge in [0.05, 0.1) is 38.1 Å². The van der Waals surface area contributed by atoms with Crippen molar-refractivity contribution in [2.24, 2.45) is 11.8 Å². The number of amides is 3. The van der Waals surface area contributed by atoms with Crippen molar-refractivity contribution >= 4 is 35.5 Å². The molecule has 14 heteroatoms. The molecule has 3 aliphatic rings. The van der Waals surface area contributed by atoms with E-state index in [1.165, 1.54) is 13.2 Å². The number of ether oxygens (including phenoxy) is 3. The van der Waals surface area contributed by atoms with Gasteiger partial charge in [-0.15, -0.1) is 0 Å². The van der Waals surface area contributed by atoms with E-state index >= 15 is 4.79 Å². The standard InChI is InChI=1S/C46H45N3O11/c1-27(2)36(42(54)58-3)47-45(57)48-33-22-21-28(14-12-13-23-50)26-32(33)46(44(48)56)35(41(52)53)38-43(55)60-39(30-17-8-5-9-18-30)37(29-15-6-4-7-16-29)49(38)40(46)31-19-10-11-20-34(31)59-25-24-51/h4-11,15-22,26-27,35-40,50-51H,13,23-25H2,1-3H3,(H,47,57)(H,52,53)/t35-,36-,37-,38-,39+,40+,46-/m0/s1. The van der Waals surface area contributed by atoms with Crippen molar-refractivity contribution < 1.29 is 53.5 Å². The fourth-order valence-corrected chi connectivity index (χ4v) is 8.97. The van der Waals surface area contributed by atoms with E-state index in [4.69, 9.17) is 14.2 Å². The maximum Gasteiger partial charge on any atom is 0.329 e. The Balaban J connectivity index is 1.58. The molecule has 3 aliphatic heterocycles. The lowest BCUT2D eigenvalue weighted by molar-refractivity contribution is -0.179. The molecule has 0 aliphatic carbocycles. The Morgan fingerprint density at radius 3 is 2.18 bits per heavy atom. The Morgan fingerprint density at radius 1 is 0.883 bits per heavy atom. The highest BCUT2D eigenvalue weighted by Crippen LogP contribution is 2.66. The van der Waals surface area contributed by atoms with Crippen molar-refractivity contribution in [1.82, 2.24) is 10.2 Å². The number of hydrogen-bond donors (Lipinski definition) is 4. The summed E-state index contributed by atoms with van der Waals surface area (Å²) in [7, 11) is 1.17. The zero-order valence-corrected chi connectivity index (χ0v) is 33.2. The van der Waals surface area contributed by atoms with Gasteiger partial charge in [-0.1, -0.05) is 105 Å². The second-order valence-corrected chi connectivity index (χ2v) is 15.1. The topological polar surface area (TPSA) is 192 Å². The molecule has 2 fully saturated rings. The van der Waals surface area contributed by atoms with Gasteiger partial charge in [-0.2, -0.15) is 0 Å². The number of esters is 2. The van der Waals surface area contributed by atoms with E-state index < -0.39 is 77.4 Å². The molecule has 4 N–H and O–H groups in total. The summed E-state index contributed by atoms with van der Waals surface area (Å²) in [5, 5.41) is 33.6. The lowest BCUT2D eigenvalue weighted by Gasteiger charge is -2.46. The summed E-state index contributed by atoms with van der Waals surface area (Å²) in [6.07, 6.45) is -0.884. The number of aliphatic carboxylic acids is 1. The number of carboxylic acids is 1. The lowest BCUT2D eigenvalue weighted by atomic mass is 9.65. The number of nitrogens with zero attached hydrogens (tertiary/aromatic N) is 2. The number of methoxy groups -OCH3 is 1. The van der Waals surface area contributed by atoms with Crippen LogP contribution < -0.4 is 15.0 Å². The van der Waals surface area contributed by atoms with Crippen LogP contribution in [-0.2, 0) is 34.1 Å². The second kappa shape index (κ2) is 17.4. The zero-order chi connectivity index (χ0) is 42.7. The van der Waals surface area contributed by atoms with Gasteiger partial charge < -0.3 is 34.8 Å². The number of imide groups is 1. The highest BCUT2D eigenvalue weighted by Gasteiger charge is 2.76. The molecule has 0 radical (unpaired) electrons. The van der Waals surface area contributed by atoms with Gasteiger partial charge in [-0.3, -0.25) is 19.3 Å². The van der Waals surface area contributed by atoms with E-state index in [0.29, 0.717) is 22.3 Å². The van der Waals surface area contributed by atoms with E-state index in [1.807, 2.05) is 36.4 Å². The molecule has 4 aromatic rings. The lowest BCUT2D eigenvalue weighted by Crippen LogP contribution is -2.56. The van der Waals surface area contributed by atoms with Crippen LogP contribution in [0.2, 0.25) is 0 Å². The molecule has 14 nitrogen and oxygen atoms in total. The maximum atomic E-state index is 16.0. The molecule has 7 atom stereocenters. The summed E-state index contributed by atoms with van der Waals surface area (Å²) in [6, 6.07) is 23.3. The highest BCUT2D eigenvalue weighted by atomic mass is 16.6. The molecule has 3 heterocycles. The van der Waals surface area contributed by atoms with Crippen molar-refractivity contribution in [3.63, 3.8) is 0 Å². The second-order valence-electron chi connectivity index (χ2n) is 15.1. The minimum absolute atomic E-state index is 0.00618. The van der Waals surface area contributed by atoms with Crippen LogP contribution in [0.15, 0.2) is 103 Å². The molecule has 3 amide bonds. The number of fused-ring (bicyclic) bond motifs is 3. The van der Waals surface area contributed by atoms with Crippen LogP contribution in [0.1, 0.15) is 66.3 Å². The third-order valence-corrected chi connectivity index (χ3v) is 11.4. The number of carbonyl (C=O) groups is 5. The normalized spacial score (nSPS) is 23.6. The largest absolute Gasteiger partial charge is 0.491 e. The van der Waals surface area contributed by atoms with Crippen LogP contribution >= 0.6 is 0 Å². The summed E-state index contributed by atoms with van der Waals surface area (Å²) in [5.41, 5.74) is -0.303. The Morgan fingerprint density at radius 2 is 1.55 bits per heavy atom. The Hall–Kier alpha value is -6.53. The van der Waals surface area contributed by atoms with Crippen molar-refractivity contribution in [2.45, 2.75) is 56.0 Å². The first-order chi connectivity index (χ1) is 29.0. The number of benzene rings is 4. The van der Waals surface area contributed by atoms with Gasteiger partial charge in [0.2, 0.25) is 5.91 Å². The number of cyclic esters (lactones) is 1. The number of rotatable bonds is 11. The average Bonchev–Trinajstić information content (AvgIpc) is 3.71. The number of carbonyl (C=O) groups excluding carboxylic acids is 4. The fourth-order valence-electron chi connectivity index (χ4n) is 8.97. The van der Waals surface area contributed by atoms with Gasteiger partial charge in [-0.05, 0) is 46.9 Å². The molecule has 60 heavy (non-hydrogen) atoms. The average molecular weight is 816 g/mol. The van der Waals surface area contributed by atoms with Gasteiger partial charge >= 0.3 is 23.9 Å². The number of aliphatic hydroxyl groups is 2. The summed E-state index contributed by atoms with van der Waals surface area (Å²) in [6.45, 7) is 2.63. The van der Waals surface area contributed by atoms with E-state index in [-0.39, 0.29) is 43.2 Å². The van der Waals surface area contributed by atoms with Crippen LogP contribution in [-0.4, -0.2) is 89.1 Å². The van der Waals surface area contributed by atoms with E-state index in [1.54, 1.807) is 79.4 Å². The zero-order valence-electron chi connectivity index (χ0n) is 33.2. The number of nitrogens with one attached hydrogen (secondary N) is 1. The highest BCUT2D eigenvalue weighted by molar-refractivity contribution is 6.24. The fraction of sp³-hybridized carbons (Fsp3) is 0.326. The smallest absolute Gasteiger partial charge is 0.329 e. The minimum atomic E-state index is -2.28. The van der Waals surface area contributed by atoms with Crippen LogP contribution in [0.5, 0.6) is 5.75 Å². The van der Waals surface area contributed by atoms with Crippen molar-refractivity contribution in [3.8, 4) is 17.6 Å². The minimum Gasteiger partial charge on any atom is -0.491 e. The molecular weight excluding hydrogens is 771 g/mol. The summed E-state index contributed by atoms with van der Waals surface area (Å²) < 4.78 is 17.4. The quantitative estimate of drug-likeness (QED) is 0.123. The van der Waals surface area contributed by atoms with Gasteiger partial charge in [0.1, 0.15) is 41.9 Å². The number of anilines is 1. The molecule has 0 saturated carbocycles. The van der Waals surface area contributed by atoms with Gasteiger partial charge in [0, 0.05) is 17.5 Å². The van der Waals surface area contributed by atoms with Crippen molar-refractivity contribution in [3.05, 3.63) is 131 Å². The van der Waals surface area contributed by atoms with Gasteiger partial charge in [0.15, 0.2) is 0 Å². The number of morpholine rings is 1. The molecule has 310 valence electrons. The monoisotopic (exact) mass is 815 g/mol. The molecule has 4 aromatic carbocycles. The molecule has 1 spiro atoms. The summed E-state index contributed by atoms with van der Waals surface area (Å²) in [5.74, 6) is -0.496. The van der Waals surface area contributed by atoms with E-state index in [0.717, 1.165) is 4.90 Å². The third kappa shape index (κ3) is 7.04. The first-order valence-corrected chi connectivity index (χ1v) is 19.6. The SMILES string of the molecule is COC(=O)[C@@H](NC(=O)N1C(=O)[C@@]2(c3cc(C#CCCO)ccc31)[C@H](C(=O)O)[C@H]1C(=O)O[C@H](c3ccccc3)[C@H](c3ccccc3)N1[C@@H]2c1ccccc1OCCO)C(C)C. The van der Waals surface area contributed by atoms with Crippen molar-refractivity contribution in [2.75, 3.05) is 31.8 Å². The molecule has 0 aromatic heterocycles. The molecule has 0 bridgehead atoms. The Kier molecular flexibility index (Phi) is 12.0. The van der Waals surface area contributed by atoms with Gasteiger partial charge in [-0.25, -0.2) is 14.5 Å². The molecular formula is C46H45N3O11. The molecule has 7 rings (SSSR count). The first-order valence-electron chi connectivity index (χ1n) is 19.6. The predicted molar refractivity (Wildman–Crippen MR) is 216 cm³/mol. The van der Waals surface area contributed by atoms with E-state index in [9.17, 15) is 34.5 Å². The third-order valence-electron chi connectivity index (χ3n) is 11.4. The van der Waals surface area contributed by atoms with E-state index in [2.05, 4.69) is 17.2 Å². The van der Waals surface area contributed by atoms with Gasteiger partial charge in [0.25, 0.3) is 0 Å². The van der Waals surface area contributed by atoms with Crippen LogP contribution in [0.4, 0.5) is 10.5 Å². The molecule has 0 unspecified atom stereocenters. The number of carboxylic acid groups (broad SMARTS) is 1. The number of aliphatic hydroxyl groups excluding tert-OH is 2. The summed E-state index contributed by atoms with van der Waals surface area (Å²) in [4.78, 5) is 75.2. The maximum absolute atomic E-state index is 16.0. The number of hydrogen-bond acceptors (Lipinski definition) is 11. The van der Waals surface area contributed by atoms with Crippen LogP contribution in [0.25, 0.3) is 0 Å². The Labute approximate surface area is 346 Å². The first kappa shape index (κ1) is 41.6. The number of urea groups is 1. The summed E-state index contributed by atoms with van der Waals surface area (Å²) >= 11 is 0.